The molecule has 0 unspecified atom stereocenters. The highest BCUT2D eigenvalue weighted by atomic mass is 32.2. The molecular weight excluding hydrogens is 283 g/mol. The molecule has 0 saturated heterocycles. The Kier molecular flexibility index (Phi) is 4.10. The summed E-state index contributed by atoms with van der Waals surface area (Å²) in [4.78, 5) is -0.0478. The van der Waals surface area contributed by atoms with Crippen molar-refractivity contribution < 1.29 is 17.2 Å². The van der Waals surface area contributed by atoms with Crippen LogP contribution in [0, 0.1) is 12.7 Å². The first-order chi connectivity index (χ1) is 9.40. The van der Waals surface area contributed by atoms with E-state index in [4.69, 9.17) is 10.2 Å². The van der Waals surface area contributed by atoms with Gasteiger partial charge in [-0.15, -0.1) is 0 Å². The number of furan rings is 1. The van der Waals surface area contributed by atoms with Crippen molar-refractivity contribution in [3.05, 3.63) is 47.7 Å². The molecular formula is C13H15FN2O3S. The van der Waals surface area contributed by atoms with E-state index in [2.05, 4.69) is 4.72 Å². The zero-order chi connectivity index (χ0) is 14.8. The number of rotatable bonds is 5. The number of benzene rings is 1. The lowest BCUT2D eigenvalue weighted by Gasteiger charge is -2.09. The van der Waals surface area contributed by atoms with Gasteiger partial charge in [-0.05, 0) is 36.8 Å². The molecule has 1 aromatic heterocycles. The summed E-state index contributed by atoms with van der Waals surface area (Å²) in [6.45, 7) is 1.65. The van der Waals surface area contributed by atoms with Crippen molar-refractivity contribution in [3.8, 4) is 0 Å². The fourth-order valence-electron chi connectivity index (χ4n) is 1.76. The molecule has 0 radical (unpaired) electrons. The first-order valence-electron chi connectivity index (χ1n) is 5.98. The molecule has 1 heterocycles. The number of halogens is 1. The van der Waals surface area contributed by atoms with Crippen LogP contribution in [0.25, 0.3) is 0 Å². The summed E-state index contributed by atoms with van der Waals surface area (Å²) in [6.07, 6.45) is 1.95. The van der Waals surface area contributed by atoms with Crippen LogP contribution in [-0.4, -0.2) is 15.0 Å². The van der Waals surface area contributed by atoms with Crippen LogP contribution in [0.5, 0.6) is 0 Å². The van der Waals surface area contributed by atoms with Gasteiger partial charge < -0.3 is 10.2 Å². The van der Waals surface area contributed by atoms with Crippen LogP contribution < -0.4 is 10.5 Å². The number of hydrogen-bond donors (Lipinski definition) is 2. The summed E-state index contributed by atoms with van der Waals surface area (Å²) in [7, 11) is -3.71. The van der Waals surface area contributed by atoms with E-state index in [1.54, 1.807) is 12.1 Å². The first kappa shape index (κ1) is 14.5. The van der Waals surface area contributed by atoms with Gasteiger partial charge >= 0.3 is 0 Å². The summed E-state index contributed by atoms with van der Waals surface area (Å²) < 4.78 is 45.0. The molecule has 0 atom stereocenters. The minimum Gasteiger partial charge on any atom is -0.469 e. The van der Waals surface area contributed by atoms with Gasteiger partial charge in [0.25, 0.3) is 0 Å². The summed E-state index contributed by atoms with van der Waals surface area (Å²) >= 11 is 0. The second-order valence-corrected chi connectivity index (χ2v) is 6.14. The smallest absolute Gasteiger partial charge is 0.240 e. The molecule has 5 nitrogen and oxygen atoms in total. The lowest BCUT2D eigenvalue weighted by atomic mass is 10.2. The van der Waals surface area contributed by atoms with Crippen molar-refractivity contribution in [1.29, 1.82) is 0 Å². The molecule has 1 aromatic carbocycles. The third-order valence-corrected chi connectivity index (χ3v) is 4.25. The minimum absolute atomic E-state index is 0.0478. The number of sulfonamides is 1. The maximum Gasteiger partial charge on any atom is 0.240 e. The SMILES string of the molecule is Cc1cc(S(=O)(=O)NCCc2ccco2)cc(N)c1F. The molecule has 108 valence electrons. The van der Waals surface area contributed by atoms with Gasteiger partial charge in [0.2, 0.25) is 10.0 Å². The molecule has 0 aliphatic rings. The van der Waals surface area contributed by atoms with Gasteiger partial charge in [0.15, 0.2) is 0 Å². The lowest BCUT2D eigenvalue weighted by Crippen LogP contribution is -2.26. The van der Waals surface area contributed by atoms with Crippen LogP contribution in [0.1, 0.15) is 11.3 Å². The quantitative estimate of drug-likeness (QED) is 0.825. The van der Waals surface area contributed by atoms with Crippen molar-refractivity contribution in [2.75, 3.05) is 12.3 Å². The molecule has 0 bridgehead atoms. The number of nitrogens with two attached hydrogens (primary N) is 1. The second-order valence-electron chi connectivity index (χ2n) is 4.37. The standard InChI is InChI=1S/C13H15FN2O3S/c1-9-7-11(8-12(15)13(9)14)20(17,18)16-5-4-10-3-2-6-19-10/h2-3,6-8,16H,4-5,15H2,1H3. The van der Waals surface area contributed by atoms with E-state index in [9.17, 15) is 12.8 Å². The van der Waals surface area contributed by atoms with Gasteiger partial charge in [-0.3, -0.25) is 0 Å². The van der Waals surface area contributed by atoms with Crippen LogP contribution in [0.2, 0.25) is 0 Å². The summed E-state index contributed by atoms with van der Waals surface area (Å²) in [5, 5.41) is 0. The van der Waals surface area contributed by atoms with E-state index in [-0.39, 0.29) is 22.7 Å². The van der Waals surface area contributed by atoms with E-state index < -0.39 is 15.8 Å². The summed E-state index contributed by atoms with van der Waals surface area (Å²) in [5.74, 6) is 0.0852. The predicted octanol–water partition coefficient (Wildman–Crippen LogP) is 1.83. The molecule has 3 N–H and O–H groups in total. The van der Waals surface area contributed by atoms with Crippen LogP contribution in [0.3, 0.4) is 0 Å². The lowest BCUT2D eigenvalue weighted by molar-refractivity contribution is 0.506. The van der Waals surface area contributed by atoms with Crippen LogP contribution in [-0.2, 0) is 16.4 Å². The average Bonchev–Trinajstić information content (AvgIpc) is 2.88. The Hall–Kier alpha value is -1.86. The molecule has 20 heavy (non-hydrogen) atoms. The number of aryl methyl sites for hydroxylation is 1. The van der Waals surface area contributed by atoms with Crippen LogP contribution in [0.4, 0.5) is 10.1 Å². The van der Waals surface area contributed by atoms with E-state index >= 15 is 0 Å². The summed E-state index contributed by atoms with van der Waals surface area (Å²) in [5.41, 5.74) is 5.45. The Morgan fingerprint density at radius 3 is 2.75 bits per heavy atom. The number of nitrogen functional groups attached to an aromatic ring is 1. The number of nitrogens with one attached hydrogen (secondary N) is 1. The largest absolute Gasteiger partial charge is 0.469 e. The molecule has 2 rings (SSSR count). The second kappa shape index (κ2) is 5.64. The van der Waals surface area contributed by atoms with Crippen molar-refractivity contribution in [1.82, 2.24) is 4.72 Å². The van der Waals surface area contributed by atoms with E-state index in [1.165, 1.54) is 19.3 Å². The molecule has 0 aliphatic carbocycles. The summed E-state index contributed by atoms with van der Waals surface area (Å²) in [6, 6.07) is 5.85. The normalized spacial score (nSPS) is 11.7. The van der Waals surface area contributed by atoms with E-state index in [0.29, 0.717) is 12.2 Å². The van der Waals surface area contributed by atoms with Crippen molar-refractivity contribution in [3.63, 3.8) is 0 Å². The van der Waals surface area contributed by atoms with Gasteiger partial charge in [-0.1, -0.05) is 0 Å². The Labute approximate surface area is 116 Å². The monoisotopic (exact) mass is 298 g/mol. The topological polar surface area (TPSA) is 85.3 Å². The van der Waals surface area contributed by atoms with Gasteiger partial charge in [0.1, 0.15) is 11.6 Å². The van der Waals surface area contributed by atoms with Crippen LogP contribution >= 0.6 is 0 Å². The number of anilines is 1. The maximum atomic E-state index is 13.4. The van der Waals surface area contributed by atoms with Crippen molar-refractivity contribution in [2.45, 2.75) is 18.2 Å². The Balaban J connectivity index is 2.10. The fraction of sp³-hybridized carbons (Fsp3) is 0.231. The zero-order valence-corrected chi connectivity index (χ0v) is 11.7. The molecule has 0 spiro atoms. The molecule has 0 saturated carbocycles. The predicted molar refractivity (Wildman–Crippen MR) is 73.1 cm³/mol. The van der Waals surface area contributed by atoms with Crippen LogP contribution in [0.15, 0.2) is 39.8 Å². The van der Waals surface area contributed by atoms with Crippen molar-refractivity contribution in [2.24, 2.45) is 0 Å². The first-order valence-corrected chi connectivity index (χ1v) is 7.46. The Bertz CT molecular complexity index is 673. The van der Waals surface area contributed by atoms with E-state index in [0.717, 1.165) is 6.07 Å². The van der Waals surface area contributed by atoms with Gasteiger partial charge in [-0.2, -0.15) is 0 Å². The average molecular weight is 298 g/mol. The molecule has 0 amide bonds. The van der Waals surface area contributed by atoms with Gasteiger partial charge in [0, 0.05) is 13.0 Å². The van der Waals surface area contributed by atoms with Crippen molar-refractivity contribution >= 4 is 15.7 Å². The Morgan fingerprint density at radius 2 is 2.15 bits per heavy atom. The molecule has 7 heteroatoms. The third kappa shape index (κ3) is 3.17. The van der Waals surface area contributed by atoms with E-state index in [1.807, 2.05) is 0 Å². The highest BCUT2D eigenvalue weighted by Crippen LogP contribution is 2.20. The highest BCUT2D eigenvalue weighted by Gasteiger charge is 2.17. The fourth-order valence-corrected chi connectivity index (χ4v) is 2.92. The van der Waals surface area contributed by atoms with Gasteiger partial charge in [-0.25, -0.2) is 17.5 Å². The number of hydrogen-bond acceptors (Lipinski definition) is 4. The maximum absolute atomic E-state index is 13.4. The molecule has 2 aromatic rings. The highest BCUT2D eigenvalue weighted by molar-refractivity contribution is 7.89. The third-order valence-electron chi connectivity index (χ3n) is 2.81. The van der Waals surface area contributed by atoms with Gasteiger partial charge in [0.05, 0.1) is 16.8 Å². The zero-order valence-electron chi connectivity index (χ0n) is 10.9. The minimum atomic E-state index is -3.71. The molecule has 0 aliphatic heterocycles. The Morgan fingerprint density at radius 1 is 1.40 bits per heavy atom. The molecule has 0 fully saturated rings.